The number of carbonyl (C=O) groups excluding carboxylic acids is 2. The second-order valence-corrected chi connectivity index (χ2v) is 3.80. The number of benzene rings is 1. The van der Waals surface area contributed by atoms with E-state index in [0.29, 0.717) is 24.5 Å². The lowest BCUT2D eigenvalue weighted by molar-refractivity contribution is 0.168. The van der Waals surface area contributed by atoms with E-state index in [1.165, 1.54) is 0 Å². The van der Waals surface area contributed by atoms with Gasteiger partial charge >= 0.3 is 12.1 Å². The van der Waals surface area contributed by atoms with E-state index in [0.717, 1.165) is 6.42 Å². The van der Waals surface area contributed by atoms with Crippen molar-refractivity contribution < 1.29 is 14.3 Å². The van der Waals surface area contributed by atoms with E-state index in [2.05, 4.69) is 16.0 Å². The summed E-state index contributed by atoms with van der Waals surface area (Å²) in [7, 11) is 0. The molecule has 0 spiro atoms. The molecule has 0 unspecified atom stereocenters. The van der Waals surface area contributed by atoms with Gasteiger partial charge in [0.05, 0.1) is 6.61 Å². The molecule has 0 heterocycles. The highest BCUT2D eigenvalue weighted by molar-refractivity contribution is 5.90. The smallest absolute Gasteiger partial charge is 0.411 e. The fraction of sp³-hybridized carbons (Fsp3) is 0.385. The van der Waals surface area contributed by atoms with Gasteiger partial charge in [0.2, 0.25) is 0 Å². The SMILES string of the molecule is CCCNC(=O)Nc1ccc(NC(=O)OCC)cc1. The maximum absolute atomic E-state index is 11.4. The van der Waals surface area contributed by atoms with Gasteiger partial charge in [-0.3, -0.25) is 5.32 Å². The monoisotopic (exact) mass is 265 g/mol. The summed E-state index contributed by atoms with van der Waals surface area (Å²) in [6.07, 6.45) is 0.388. The lowest BCUT2D eigenvalue weighted by atomic mass is 10.3. The van der Waals surface area contributed by atoms with Crippen molar-refractivity contribution in [3.8, 4) is 0 Å². The Kier molecular flexibility index (Phi) is 6.21. The molecule has 0 aliphatic heterocycles. The summed E-state index contributed by atoms with van der Waals surface area (Å²) in [6, 6.07) is 6.53. The highest BCUT2D eigenvalue weighted by Crippen LogP contribution is 2.13. The Bertz CT molecular complexity index is 418. The number of hydrogen-bond acceptors (Lipinski definition) is 3. The average Bonchev–Trinajstić information content (AvgIpc) is 2.39. The zero-order valence-electron chi connectivity index (χ0n) is 11.2. The first-order valence-corrected chi connectivity index (χ1v) is 6.24. The fourth-order valence-electron chi connectivity index (χ4n) is 1.34. The summed E-state index contributed by atoms with van der Waals surface area (Å²) >= 11 is 0. The Balaban J connectivity index is 2.47. The minimum Gasteiger partial charge on any atom is -0.450 e. The van der Waals surface area contributed by atoms with E-state index in [1.807, 2.05) is 6.92 Å². The molecule has 1 rings (SSSR count). The molecular formula is C13H19N3O3. The van der Waals surface area contributed by atoms with Crippen molar-refractivity contribution in [1.82, 2.24) is 5.32 Å². The predicted octanol–water partition coefficient (Wildman–Crippen LogP) is 2.79. The highest BCUT2D eigenvalue weighted by Gasteiger charge is 2.03. The summed E-state index contributed by atoms with van der Waals surface area (Å²) in [5, 5.41) is 7.96. The lowest BCUT2D eigenvalue weighted by Gasteiger charge is -2.08. The molecule has 0 saturated heterocycles. The summed E-state index contributed by atoms with van der Waals surface area (Å²) in [4.78, 5) is 22.6. The first kappa shape index (κ1) is 14.8. The van der Waals surface area contributed by atoms with Crippen molar-refractivity contribution >= 4 is 23.5 Å². The van der Waals surface area contributed by atoms with Gasteiger partial charge in [-0.05, 0) is 37.6 Å². The average molecular weight is 265 g/mol. The molecule has 0 saturated carbocycles. The molecule has 0 aromatic heterocycles. The lowest BCUT2D eigenvalue weighted by Crippen LogP contribution is -2.29. The Hall–Kier alpha value is -2.24. The van der Waals surface area contributed by atoms with Gasteiger partial charge in [0.25, 0.3) is 0 Å². The second-order valence-electron chi connectivity index (χ2n) is 3.80. The van der Waals surface area contributed by atoms with Crippen LogP contribution in [0.15, 0.2) is 24.3 Å². The Morgan fingerprint density at radius 2 is 1.63 bits per heavy atom. The van der Waals surface area contributed by atoms with Crippen LogP contribution < -0.4 is 16.0 Å². The van der Waals surface area contributed by atoms with Crippen LogP contribution in [-0.4, -0.2) is 25.3 Å². The third-order valence-corrected chi connectivity index (χ3v) is 2.20. The van der Waals surface area contributed by atoms with Gasteiger partial charge in [-0.2, -0.15) is 0 Å². The third kappa shape index (κ3) is 5.76. The number of amides is 3. The van der Waals surface area contributed by atoms with Crippen LogP contribution in [0.3, 0.4) is 0 Å². The van der Waals surface area contributed by atoms with Crippen molar-refractivity contribution in [1.29, 1.82) is 0 Å². The Labute approximate surface area is 112 Å². The number of ether oxygens (including phenoxy) is 1. The molecule has 3 amide bonds. The number of anilines is 2. The van der Waals surface area contributed by atoms with Gasteiger partial charge in [0, 0.05) is 17.9 Å². The van der Waals surface area contributed by atoms with Crippen molar-refractivity contribution in [3.05, 3.63) is 24.3 Å². The fourth-order valence-corrected chi connectivity index (χ4v) is 1.34. The Morgan fingerprint density at radius 3 is 2.16 bits per heavy atom. The normalized spacial score (nSPS) is 9.58. The van der Waals surface area contributed by atoms with Crippen LogP contribution >= 0.6 is 0 Å². The summed E-state index contributed by atoms with van der Waals surface area (Å²) < 4.78 is 4.76. The molecule has 0 atom stereocenters. The van der Waals surface area contributed by atoms with Crippen LogP contribution in [-0.2, 0) is 4.74 Å². The van der Waals surface area contributed by atoms with Crippen LogP contribution in [0.1, 0.15) is 20.3 Å². The number of nitrogens with one attached hydrogen (secondary N) is 3. The first-order chi connectivity index (χ1) is 9.15. The number of carbonyl (C=O) groups is 2. The molecule has 6 nitrogen and oxygen atoms in total. The molecule has 0 aliphatic rings. The van der Waals surface area contributed by atoms with Gasteiger partial charge in [-0.15, -0.1) is 0 Å². The molecule has 1 aromatic carbocycles. The van der Waals surface area contributed by atoms with E-state index in [9.17, 15) is 9.59 Å². The number of hydrogen-bond donors (Lipinski definition) is 3. The topological polar surface area (TPSA) is 79.5 Å². The van der Waals surface area contributed by atoms with E-state index in [1.54, 1.807) is 31.2 Å². The highest BCUT2D eigenvalue weighted by atomic mass is 16.5. The Morgan fingerprint density at radius 1 is 1.05 bits per heavy atom. The van der Waals surface area contributed by atoms with Crippen LogP contribution in [0, 0.1) is 0 Å². The van der Waals surface area contributed by atoms with Crippen molar-refractivity contribution in [2.75, 3.05) is 23.8 Å². The molecule has 6 heteroatoms. The molecule has 0 fully saturated rings. The zero-order valence-corrected chi connectivity index (χ0v) is 11.2. The molecule has 19 heavy (non-hydrogen) atoms. The van der Waals surface area contributed by atoms with Gasteiger partial charge < -0.3 is 15.4 Å². The van der Waals surface area contributed by atoms with Gasteiger partial charge in [0.1, 0.15) is 0 Å². The van der Waals surface area contributed by atoms with Crippen LogP contribution in [0.4, 0.5) is 21.0 Å². The van der Waals surface area contributed by atoms with Gasteiger partial charge in [0.15, 0.2) is 0 Å². The van der Waals surface area contributed by atoms with Gasteiger partial charge in [-0.1, -0.05) is 6.92 Å². The van der Waals surface area contributed by atoms with Crippen LogP contribution in [0.2, 0.25) is 0 Å². The molecule has 0 radical (unpaired) electrons. The standard InChI is InChI=1S/C13H19N3O3/c1-3-9-14-12(17)15-10-5-7-11(8-6-10)16-13(18)19-4-2/h5-8H,3-4,9H2,1-2H3,(H,16,18)(H2,14,15,17). The van der Waals surface area contributed by atoms with Crippen LogP contribution in [0.25, 0.3) is 0 Å². The number of rotatable bonds is 5. The first-order valence-electron chi connectivity index (χ1n) is 6.24. The van der Waals surface area contributed by atoms with E-state index >= 15 is 0 Å². The number of urea groups is 1. The van der Waals surface area contributed by atoms with Crippen LogP contribution in [0.5, 0.6) is 0 Å². The maximum Gasteiger partial charge on any atom is 0.411 e. The molecule has 0 aliphatic carbocycles. The quantitative estimate of drug-likeness (QED) is 0.765. The molecule has 0 bridgehead atoms. The predicted molar refractivity (Wildman–Crippen MR) is 74.4 cm³/mol. The molecule has 104 valence electrons. The summed E-state index contributed by atoms with van der Waals surface area (Å²) in [6.45, 7) is 4.68. The van der Waals surface area contributed by atoms with E-state index < -0.39 is 6.09 Å². The molecule has 1 aromatic rings. The van der Waals surface area contributed by atoms with E-state index in [4.69, 9.17) is 4.74 Å². The minimum absolute atomic E-state index is 0.243. The zero-order chi connectivity index (χ0) is 14.1. The van der Waals surface area contributed by atoms with Gasteiger partial charge in [-0.25, -0.2) is 9.59 Å². The van der Waals surface area contributed by atoms with Crippen molar-refractivity contribution in [2.24, 2.45) is 0 Å². The largest absolute Gasteiger partial charge is 0.450 e. The molecular weight excluding hydrogens is 246 g/mol. The maximum atomic E-state index is 11.4. The van der Waals surface area contributed by atoms with Crippen molar-refractivity contribution in [2.45, 2.75) is 20.3 Å². The molecule has 3 N–H and O–H groups in total. The minimum atomic E-state index is -0.496. The van der Waals surface area contributed by atoms with E-state index in [-0.39, 0.29) is 6.03 Å². The second kappa shape index (κ2) is 7.97. The van der Waals surface area contributed by atoms with Crippen molar-refractivity contribution in [3.63, 3.8) is 0 Å². The third-order valence-electron chi connectivity index (χ3n) is 2.20. The summed E-state index contributed by atoms with van der Waals surface area (Å²) in [5.41, 5.74) is 1.26. The summed E-state index contributed by atoms with van der Waals surface area (Å²) in [5.74, 6) is 0.